The van der Waals surface area contributed by atoms with Gasteiger partial charge >= 0.3 is 0 Å². The zero-order valence-electron chi connectivity index (χ0n) is 12.5. The zero-order chi connectivity index (χ0) is 15.9. The van der Waals surface area contributed by atoms with Crippen LogP contribution in [0.3, 0.4) is 0 Å². The summed E-state index contributed by atoms with van der Waals surface area (Å²) in [7, 11) is 0. The number of thioether (sulfide) groups is 1. The lowest BCUT2D eigenvalue weighted by atomic mass is 10.3. The Bertz CT molecular complexity index is 475. The molecule has 1 rings (SSSR count). The number of hydrogen-bond acceptors (Lipinski definition) is 3. The quantitative estimate of drug-likeness (QED) is 0.741. The fourth-order valence-electron chi connectivity index (χ4n) is 1.41. The van der Waals surface area contributed by atoms with E-state index in [1.165, 1.54) is 0 Å². The van der Waals surface area contributed by atoms with Gasteiger partial charge in [-0.15, -0.1) is 11.8 Å². The van der Waals surface area contributed by atoms with Crippen molar-refractivity contribution in [2.45, 2.75) is 31.9 Å². The molecule has 0 radical (unpaired) electrons. The van der Waals surface area contributed by atoms with E-state index in [1.807, 2.05) is 0 Å². The average Bonchev–Trinajstić information content (AvgIpc) is 2.37. The first-order valence-corrected chi connectivity index (χ1v) is 8.50. The molecule has 1 N–H and O–H groups in total. The van der Waals surface area contributed by atoms with E-state index in [0.717, 1.165) is 6.42 Å². The molecule has 118 valence electrons. The topological polar surface area (TPSA) is 38.3 Å². The molecule has 0 aliphatic rings. The molecule has 0 aromatic heterocycles. The van der Waals surface area contributed by atoms with Gasteiger partial charge in [0.1, 0.15) is 5.75 Å². The highest BCUT2D eigenvalue weighted by Gasteiger charge is 2.12. The third kappa shape index (κ3) is 8.44. The van der Waals surface area contributed by atoms with Gasteiger partial charge in [-0.3, -0.25) is 4.79 Å². The van der Waals surface area contributed by atoms with Crippen molar-refractivity contribution in [3.8, 4) is 5.75 Å². The Morgan fingerprint density at radius 1 is 1.33 bits per heavy atom. The maximum atomic E-state index is 11.6. The van der Waals surface area contributed by atoms with Crippen molar-refractivity contribution in [3.05, 3.63) is 28.2 Å². The van der Waals surface area contributed by atoms with Crippen LogP contribution in [0.2, 0.25) is 10.0 Å². The summed E-state index contributed by atoms with van der Waals surface area (Å²) in [5.41, 5.74) is 0. The highest BCUT2D eigenvalue weighted by Crippen LogP contribution is 2.27. The summed E-state index contributed by atoms with van der Waals surface area (Å²) in [4.78, 5) is 11.6. The van der Waals surface area contributed by atoms with Crippen LogP contribution < -0.4 is 10.1 Å². The van der Waals surface area contributed by atoms with Gasteiger partial charge in [0.25, 0.3) is 0 Å². The van der Waals surface area contributed by atoms with Crippen LogP contribution in [0.25, 0.3) is 0 Å². The second kappa shape index (κ2) is 8.76. The molecule has 0 fully saturated rings. The van der Waals surface area contributed by atoms with Crippen molar-refractivity contribution in [1.29, 1.82) is 0 Å². The van der Waals surface area contributed by atoms with Gasteiger partial charge in [0.15, 0.2) is 0 Å². The third-order valence-electron chi connectivity index (χ3n) is 2.43. The first-order chi connectivity index (χ1) is 9.78. The number of hydrogen-bond donors (Lipinski definition) is 1. The van der Waals surface area contributed by atoms with Crippen molar-refractivity contribution in [2.75, 3.05) is 18.9 Å². The Balaban J connectivity index is 2.16. The Morgan fingerprint density at radius 3 is 2.67 bits per heavy atom. The van der Waals surface area contributed by atoms with Crippen LogP contribution in [0, 0.1) is 0 Å². The molecule has 3 nitrogen and oxygen atoms in total. The fraction of sp³-hybridized carbons (Fsp3) is 0.533. The molecular formula is C15H21Cl2NO2S. The van der Waals surface area contributed by atoms with Gasteiger partial charge in [0.2, 0.25) is 5.91 Å². The minimum Gasteiger partial charge on any atom is -0.492 e. The molecule has 1 aromatic carbocycles. The number of benzene rings is 1. The summed E-state index contributed by atoms with van der Waals surface area (Å²) in [6, 6.07) is 5.11. The minimum atomic E-state index is 0.0550. The molecule has 1 amide bonds. The highest BCUT2D eigenvalue weighted by molar-refractivity contribution is 8.01. The summed E-state index contributed by atoms with van der Waals surface area (Å²) in [6.45, 7) is 7.36. The van der Waals surface area contributed by atoms with Crippen molar-refractivity contribution >= 4 is 40.9 Å². The van der Waals surface area contributed by atoms with Gasteiger partial charge in [0, 0.05) is 16.3 Å². The molecule has 0 saturated heterocycles. The highest BCUT2D eigenvalue weighted by atomic mass is 35.5. The number of carbonyl (C=O) groups is 1. The van der Waals surface area contributed by atoms with Crippen LogP contribution in [-0.2, 0) is 4.79 Å². The Hall–Kier alpha value is -0.580. The maximum Gasteiger partial charge on any atom is 0.230 e. The maximum absolute atomic E-state index is 11.6. The van der Waals surface area contributed by atoms with Gasteiger partial charge in [-0.25, -0.2) is 0 Å². The first-order valence-electron chi connectivity index (χ1n) is 6.76. The van der Waals surface area contributed by atoms with Gasteiger partial charge < -0.3 is 10.1 Å². The minimum absolute atomic E-state index is 0.0550. The van der Waals surface area contributed by atoms with E-state index in [1.54, 1.807) is 30.0 Å². The van der Waals surface area contributed by atoms with Gasteiger partial charge in [-0.2, -0.15) is 0 Å². The zero-order valence-corrected chi connectivity index (χ0v) is 14.9. The Morgan fingerprint density at radius 2 is 2.05 bits per heavy atom. The first kappa shape index (κ1) is 18.5. The van der Waals surface area contributed by atoms with E-state index in [2.05, 4.69) is 26.1 Å². The summed E-state index contributed by atoms with van der Waals surface area (Å²) < 4.78 is 5.64. The van der Waals surface area contributed by atoms with Crippen LogP contribution in [-0.4, -0.2) is 29.6 Å². The SMILES string of the molecule is CC(C)(C)SCC(=O)NCCCOc1ccc(Cl)cc1Cl. The number of carbonyl (C=O) groups excluding carboxylic acids is 1. The van der Waals surface area contributed by atoms with Crippen molar-refractivity contribution in [2.24, 2.45) is 0 Å². The van der Waals surface area contributed by atoms with Gasteiger partial charge in [0.05, 0.1) is 17.4 Å². The van der Waals surface area contributed by atoms with Crippen LogP contribution in [0.15, 0.2) is 18.2 Å². The molecule has 6 heteroatoms. The summed E-state index contributed by atoms with van der Waals surface area (Å²) in [6.07, 6.45) is 0.727. The van der Waals surface area contributed by atoms with Crippen LogP contribution in [0.4, 0.5) is 0 Å². The van der Waals surface area contributed by atoms with E-state index in [-0.39, 0.29) is 10.7 Å². The van der Waals surface area contributed by atoms with Crippen molar-refractivity contribution in [1.82, 2.24) is 5.32 Å². The third-order valence-corrected chi connectivity index (χ3v) is 4.23. The lowest BCUT2D eigenvalue weighted by Gasteiger charge is -2.17. The summed E-state index contributed by atoms with van der Waals surface area (Å²) in [5, 5.41) is 3.94. The van der Waals surface area contributed by atoms with Gasteiger partial charge in [-0.05, 0) is 24.6 Å². The predicted octanol–water partition coefficient (Wildman–Crippen LogP) is 4.41. The molecule has 0 aliphatic carbocycles. The van der Waals surface area contributed by atoms with Crippen molar-refractivity contribution < 1.29 is 9.53 Å². The molecule has 0 saturated carbocycles. The van der Waals surface area contributed by atoms with E-state index in [0.29, 0.717) is 34.7 Å². The van der Waals surface area contributed by atoms with E-state index < -0.39 is 0 Å². The van der Waals surface area contributed by atoms with Crippen LogP contribution in [0.1, 0.15) is 27.2 Å². The molecule has 0 unspecified atom stereocenters. The number of halogens is 2. The number of amides is 1. The molecule has 0 spiro atoms. The Labute approximate surface area is 140 Å². The standard InChI is InChI=1S/C15H21Cl2NO2S/c1-15(2,3)21-10-14(19)18-7-4-8-20-13-6-5-11(16)9-12(13)17/h5-6,9H,4,7-8,10H2,1-3H3,(H,18,19). The summed E-state index contributed by atoms with van der Waals surface area (Å²) in [5.74, 6) is 1.14. The molecule has 0 atom stereocenters. The molecule has 0 aliphatic heterocycles. The van der Waals surface area contributed by atoms with E-state index in [9.17, 15) is 4.79 Å². The van der Waals surface area contributed by atoms with Crippen LogP contribution in [0.5, 0.6) is 5.75 Å². The van der Waals surface area contributed by atoms with E-state index in [4.69, 9.17) is 27.9 Å². The van der Waals surface area contributed by atoms with E-state index >= 15 is 0 Å². The average molecular weight is 350 g/mol. The normalized spacial score (nSPS) is 11.3. The molecule has 0 heterocycles. The lowest BCUT2D eigenvalue weighted by molar-refractivity contribution is -0.118. The second-order valence-corrected chi connectivity index (χ2v) is 8.17. The smallest absolute Gasteiger partial charge is 0.230 e. The lowest BCUT2D eigenvalue weighted by Crippen LogP contribution is -2.28. The molecule has 1 aromatic rings. The fourth-order valence-corrected chi connectivity index (χ4v) is 2.54. The summed E-state index contributed by atoms with van der Waals surface area (Å²) >= 11 is 13.4. The van der Waals surface area contributed by atoms with Crippen molar-refractivity contribution in [3.63, 3.8) is 0 Å². The largest absolute Gasteiger partial charge is 0.492 e. The van der Waals surface area contributed by atoms with Crippen LogP contribution >= 0.6 is 35.0 Å². The Kier molecular flexibility index (Phi) is 7.71. The van der Waals surface area contributed by atoms with Gasteiger partial charge in [-0.1, -0.05) is 44.0 Å². The number of ether oxygens (including phenoxy) is 1. The number of nitrogens with one attached hydrogen (secondary N) is 1. The monoisotopic (exact) mass is 349 g/mol. The number of rotatable bonds is 7. The second-order valence-electron chi connectivity index (χ2n) is 5.53. The predicted molar refractivity (Wildman–Crippen MR) is 91.8 cm³/mol. The molecule has 0 bridgehead atoms. The molecular weight excluding hydrogens is 329 g/mol. The molecule has 21 heavy (non-hydrogen) atoms.